The third-order valence-electron chi connectivity index (χ3n) is 3.83. The van der Waals surface area contributed by atoms with E-state index in [1.54, 1.807) is 0 Å². The third kappa shape index (κ3) is 1.93. The van der Waals surface area contributed by atoms with Crippen LogP contribution >= 0.6 is 0 Å². The minimum atomic E-state index is 0.385. The Kier molecular flexibility index (Phi) is 3.11. The van der Waals surface area contributed by atoms with Crippen molar-refractivity contribution < 1.29 is 0 Å². The second kappa shape index (κ2) is 4.36. The van der Waals surface area contributed by atoms with Gasteiger partial charge in [-0.05, 0) is 37.8 Å². The lowest BCUT2D eigenvalue weighted by molar-refractivity contribution is 0.343. The fourth-order valence-corrected chi connectivity index (χ4v) is 2.82. The van der Waals surface area contributed by atoms with E-state index in [0.29, 0.717) is 5.41 Å². The van der Waals surface area contributed by atoms with Crippen LogP contribution in [0.25, 0.3) is 0 Å². The lowest BCUT2D eigenvalue weighted by Gasteiger charge is -2.33. The van der Waals surface area contributed by atoms with E-state index in [9.17, 15) is 0 Å². The molecule has 0 radical (unpaired) electrons. The molecule has 1 N–H and O–H groups in total. The Hall–Kier alpha value is -0.820. The van der Waals surface area contributed by atoms with E-state index in [2.05, 4.69) is 49.6 Å². The predicted octanol–water partition coefficient (Wildman–Crippen LogP) is 2.96. The minimum absolute atomic E-state index is 0.385. The molecule has 1 aliphatic rings. The zero-order chi connectivity index (χ0) is 10.7. The normalized spacial score (nSPS) is 19.9. The van der Waals surface area contributed by atoms with Gasteiger partial charge in [-0.2, -0.15) is 0 Å². The van der Waals surface area contributed by atoms with Crippen molar-refractivity contribution in [3.8, 4) is 0 Å². The van der Waals surface area contributed by atoms with Crippen molar-refractivity contribution in [3.63, 3.8) is 0 Å². The maximum atomic E-state index is 3.38. The van der Waals surface area contributed by atoms with Gasteiger partial charge in [0, 0.05) is 12.0 Å². The van der Waals surface area contributed by atoms with Crippen LogP contribution in [0.1, 0.15) is 31.7 Å². The molecule has 1 unspecified atom stereocenters. The second-order valence-corrected chi connectivity index (χ2v) is 4.68. The monoisotopic (exact) mass is 203 g/mol. The molecular formula is C14H21N. The molecule has 1 saturated carbocycles. The molecule has 1 aromatic rings. The summed E-state index contributed by atoms with van der Waals surface area (Å²) in [5, 5.41) is 3.38. The number of nitrogens with one attached hydrogen (secondary N) is 1. The van der Waals surface area contributed by atoms with Crippen molar-refractivity contribution in [2.45, 2.75) is 31.6 Å². The highest BCUT2D eigenvalue weighted by Crippen LogP contribution is 2.49. The Labute approximate surface area is 92.9 Å². The molecule has 0 heterocycles. The van der Waals surface area contributed by atoms with E-state index >= 15 is 0 Å². The Morgan fingerprint density at radius 3 is 2.40 bits per heavy atom. The van der Waals surface area contributed by atoms with Crippen molar-refractivity contribution in [1.82, 2.24) is 5.32 Å². The van der Waals surface area contributed by atoms with Gasteiger partial charge in [-0.1, -0.05) is 37.3 Å². The van der Waals surface area contributed by atoms with Gasteiger partial charge in [0.15, 0.2) is 0 Å². The lowest BCUT2D eigenvalue weighted by atomic mass is 9.74. The second-order valence-electron chi connectivity index (χ2n) is 4.68. The van der Waals surface area contributed by atoms with E-state index < -0.39 is 0 Å². The molecule has 1 heteroatoms. The average Bonchev–Trinajstić information content (AvgIpc) is 3.11. The van der Waals surface area contributed by atoms with E-state index in [1.165, 1.54) is 24.8 Å². The van der Waals surface area contributed by atoms with Gasteiger partial charge in [-0.15, -0.1) is 0 Å². The van der Waals surface area contributed by atoms with Crippen LogP contribution in [0.3, 0.4) is 0 Å². The van der Waals surface area contributed by atoms with Crippen molar-refractivity contribution in [1.29, 1.82) is 0 Å². The fraction of sp³-hybridized carbons (Fsp3) is 0.571. The topological polar surface area (TPSA) is 12.0 Å². The molecule has 1 atom stereocenters. The van der Waals surface area contributed by atoms with Crippen LogP contribution in [0.15, 0.2) is 30.3 Å². The van der Waals surface area contributed by atoms with E-state index in [1.807, 2.05) is 0 Å². The first-order valence-corrected chi connectivity index (χ1v) is 6.03. The largest absolute Gasteiger partial charge is 0.319 e. The first-order chi connectivity index (χ1) is 7.33. The van der Waals surface area contributed by atoms with Crippen LogP contribution in [-0.2, 0) is 5.41 Å². The molecule has 1 aromatic carbocycles. The van der Waals surface area contributed by atoms with Crippen LogP contribution in [0.2, 0.25) is 0 Å². The molecule has 1 aliphatic carbocycles. The molecule has 0 saturated heterocycles. The smallest absolute Gasteiger partial charge is 0.0103 e. The quantitative estimate of drug-likeness (QED) is 0.776. The summed E-state index contributed by atoms with van der Waals surface area (Å²) in [4.78, 5) is 0. The number of likely N-dealkylation sites (N-methyl/N-ethyl adjacent to an activating group) is 1. The Morgan fingerprint density at radius 2 is 1.93 bits per heavy atom. The van der Waals surface area contributed by atoms with Crippen molar-refractivity contribution >= 4 is 0 Å². The van der Waals surface area contributed by atoms with E-state index in [4.69, 9.17) is 0 Å². The first kappa shape index (κ1) is 10.7. The average molecular weight is 203 g/mol. The van der Waals surface area contributed by atoms with Gasteiger partial charge in [0.1, 0.15) is 0 Å². The molecule has 15 heavy (non-hydrogen) atoms. The van der Waals surface area contributed by atoms with Gasteiger partial charge in [-0.3, -0.25) is 0 Å². The summed E-state index contributed by atoms with van der Waals surface area (Å²) in [6, 6.07) is 11.0. The summed E-state index contributed by atoms with van der Waals surface area (Å²) in [5.41, 5.74) is 1.90. The summed E-state index contributed by atoms with van der Waals surface area (Å²) in [6.07, 6.45) is 4.05. The third-order valence-corrected chi connectivity index (χ3v) is 3.83. The first-order valence-electron chi connectivity index (χ1n) is 6.03. The van der Waals surface area contributed by atoms with Crippen LogP contribution < -0.4 is 5.32 Å². The summed E-state index contributed by atoms with van der Waals surface area (Å²) in [6.45, 7) is 3.43. The molecule has 0 amide bonds. The number of rotatable bonds is 5. The maximum Gasteiger partial charge on any atom is 0.0103 e. The minimum Gasteiger partial charge on any atom is -0.319 e. The lowest BCUT2D eigenvalue weighted by Crippen LogP contribution is -2.38. The summed E-state index contributed by atoms with van der Waals surface area (Å²) in [7, 11) is 2.07. The summed E-state index contributed by atoms with van der Waals surface area (Å²) >= 11 is 0. The van der Waals surface area contributed by atoms with Crippen LogP contribution in [0.4, 0.5) is 0 Å². The molecule has 82 valence electrons. The zero-order valence-corrected chi connectivity index (χ0v) is 9.79. The van der Waals surface area contributed by atoms with Gasteiger partial charge in [-0.25, -0.2) is 0 Å². The van der Waals surface area contributed by atoms with Gasteiger partial charge in [0.05, 0.1) is 0 Å². The molecule has 1 nitrogen and oxygen atoms in total. The summed E-state index contributed by atoms with van der Waals surface area (Å²) in [5.74, 6) is 0.900. The number of hydrogen-bond acceptors (Lipinski definition) is 1. The number of benzene rings is 1. The van der Waals surface area contributed by atoms with Gasteiger partial charge < -0.3 is 5.32 Å². The molecule has 0 aromatic heterocycles. The van der Waals surface area contributed by atoms with Crippen molar-refractivity contribution in [2.24, 2.45) is 5.92 Å². The van der Waals surface area contributed by atoms with Crippen molar-refractivity contribution in [2.75, 3.05) is 13.6 Å². The molecular weight excluding hydrogens is 182 g/mol. The van der Waals surface area contributed by atoms with Crippen LogP contribution in [-0.4, -0.2) is 13.6 Å². The maximum absolute atomic E-state index is 3.38. The number of hydrogen-bond donors (Lipinski definition) is 1. The molecule has 0 bridgehead atoms. The Morgan fingerprint density at radius 1 is 1.27 bits per heavy atom. The van der Waals surface area contributed by atoms with E-state index in [-0.39, 0.29) is 0 Å². The molecule has 0 spiro atoms. The fourth-order valence-electron chi connectivity index (χ4n) is 2.82. The highest BCUT2D eigenvalue weighted by Gasteiger charge is 2.44. The highest BCUT2D eigenvalue weighted by molar-refractivity contribution is 5.28. The summed E-state index contributed by atoms with van der Waals surface area (Å²) < 4.78 is 0. The van der Waals surface area contributed by atoms with Crippen LogP contribution in [0.5, 0.6) is 0 Å². The van der Waals surface area contributed by atoms with E-state index in [0.717, 1.165) is 12.5 Å². The van der Waals surface area contributed by atoms with Crippen molar-refractivity contribution in [3.05, 3.63) is 35.9 Å². The SMILES string of the molecule is CCC(CNC)(c1ccccc1)C1CC1. The zero-order valence-electron chi connectivity index (χ0n) is 9.79. The van der Waals surface area contributed by atoms with Gasteiger partial charge >= 0.3 is 0 Å². The molecule has 0 aliphatic heterocycles. The van der Waals surface area contributed by atoms with Crippen LogP contribution in [0, 0.1) is 5.92 Å². The van der Waals surface area contributed by atoms with Gasteiger partial charge in [0.2, 0.25) is 0 Å². The Bertz CT molecular complexity index is 302. The standard InChI is InChI=1S/C14H21N/c1-3-14(11-15-2,13-9-10-13)12-7-5-4-6-8-12/h4-8,13,15H,3,9-11H2,1-2H3. The highest BCUT2D eigenvalue weighted by atomic mass is 14.8. The Balaban J connectivity index is 2.31. The molecule has 2 rings (SSSR count). The molecule has 1 fully saturated rings. The van der Waals surface area contributed by atoms with Gasteiger partial charge in [0.25, 0.3) is 0 Å². The predicted molar refractivity (Wildman–Crippen MR) is 65.1 cm³/mol.